The largest absolute Gasteiger partial charge is 0.338 e. The lowest BCUT2D eigenvalue weighted by atomic mass is 10.2. The number of aryl methyl sites for hydroxylation is 1. The van der Waals surface area contributed by atoms with Crippen molar-refractivity contribution in [2.24, 2.45) is 0 Å². The molecule has 2 heterocycles. The second kappa shape index (κ2) is 8.37. The normalized spacial score (nSPS) is 19.1. The summed E-state index contributed by atoms with van der Waals surface area (Å²) in [6.45, 7) is 8.52. The van der Waals surface area contributed by atoms with Crippen LogP contribution < -0.4 is 5.32 Å². The van der Waals surface area contributed by atoms with Gasteiger partial charge in [-0.25, -0.2) is 0 Å². The fraction of sp³-hybridized carbons (Fsp3) is 0.867. The maximum Gasteiger partial charge on any atom is 0.240 e. The van der Waals surface area contributed by atoms with Crippen LogP contribution in [-0.2, 0) is 13.0 Å². The summed E-state index contributed by atoms with van der Waals surface area (Å²) in [6, 6.07) is 0.630. The molecule has 1 N–H and O–H groups in total. The maximum atomic E-state index is 5.37. The molecule has 20 heavy (non-hydrogen) atoms. The van der Waals surface area contributed by atoms with Crippen LogP contribution in [0, 0.1) is 0 Å². The van der Waals surface area contributed by atoms with Crippen molar-refractivity contribution in [3.8, 4) is 0 Å². The summed E-state index contributed by atoms with van der Waals surface area (Å²) >= 11 is 0. The summed E-state index contributed by atoms with van der Waals surface area (Å²) in [5, 5.41) is 7.61. The second-order valence-electron chi connectivity index (χ2n) is 5.74. The molecule has 1 aliphatic heterocycles. The molecule has 1 saturated heterocycles. The third-order valence-electron chi connectivity index (χ3n) is 3.81. The first kappa shape index (κ1) is 15.4. The summed E-state index contributed by atoms with van der Waals surface area (Å²) in [4.78, 5) is 6.94. The van der Waals surface area contributed by atoms with Gasteiger partial charge in [0.15, 0.2) is 5.82 Å². The van der Waals surface area contributed by atoms with E-state index in [0.717, 1.165) is 50.7 Å². The Labute approximate surface area is 122 Å². The first-order valence-electron chi connectivity index (χ1n) is 8.09. The molecule has 0 aromatic carbocycles. The average molecular weight is 280 g/mol. The maximum absolute atomic E-state index is 5.37. The third-order valence-corrected chi connectivity index (χ3v) is 3.81. The van der Waals surface area contributed by atoms with Crippen molar-refractivity contribution in [3.63, 3.8) is 0 Å². The van der Waals surface area contributed by atoms with E-state index in [0.29, 0.717) is 6.04 Å². The van der Waals surface area contributed by atoms with Crippen molar-refractivity contribution < 1.29 is 4.52 Å². The van der Waals surface area contributed by atoms with Crippen LogP contribution in [0.1, 0.15) is 57.7 Å². The van der Waals surface area contributed by atoms with Crippen molar-refractivity contribution >= 4 is 0 Å². The molecular formula is C15H28N4O. The highest BCUT2D eigenvalue weighted by Crippen LogP contribution is 2.11. The number of nitrogens with one attached hydrogen (secondary N) is 1. The van der Waals surface area contributed by atoms with E-state index in [4.69, 9.17) is 4.52 Å². The van der Waals surface area contributed by atoms with Gasteiger partial charge in [0, 0.05) is 19.0 Å². The monoisotopic (exact) mass is 280 g/mol. The van der Waals surface area contributed by atoms with Crippen LogP contribution in [0.25, 0.3) is 0 Å². The number of hydrogen-bond donors (Lipinski definition) is 1. The molecule has 0 saturated carbocycles. The molecule has 1 atom stereocenters. The van der Waals surface area contributed by atoms with Crippen LogP contribution in [0.3, 0.4) is 0 Å². The highest BCUT2D eigenvalue weighted by atomic mass is 16.5. The highest BCUT2D eigenvalue weighted by Gasteiger charge is 2.19. The molecule has 1 unspecified atom stereocenters. The predicted octanol–water partition coefficient (Wildman–Crippen LogP) is 2.38. The minimum Gasteiger partial charge on any atom is -0.338 e. The Morgan fingerprint density at radius 2 is 2.25 bits per heavy atom. The van der Waals surface area contributed by atoms with Crippen LogP contribution in [-0.4, -0.2) is 40.7 Å². The standard InChI is InChI=1S/C15H28N4O/c1-3-5-10-19(11-13-8-6-9-16-13)12-15-17-14(7-4-2)18-20-15/h13,16H,3-12H2,1-2H3. The molecule has 0 aliphatic carbocycles. The van der Waals surface area contributed by atoms with Gasteiger partial charge in [-0.2, -0.15) is 4.98 Å². The molecule has 1 fully saturated rings. The SMILES string of the molecule is CCCCN(Cc1nc(CCC)no1)CC1CCCN1. The van der Waals surface area contributed by atoms with Gasteiger partial charge in [-0.15, -0.1) is 0 Å². The van der Waals surface area contributed by atoms with E-state index in [1.165, 1.54) is 25.7 Å². The van der Waals surface area contributed by atoms with E-state index in [1.54, 1.807) is 0 Å². The van der Waals surface area contributed by atoms with Gasteiger partial charge in [0.2, 0.25) is 5.89 Å². The van der Waals surface area contributed by atoms with E-state index in [2.05, 4.69) is 34.2 Å². The first-order chi connectivity index (χ1) is 9.81. The quantitative estimate of drug-likeness (QED) is 0.752. The van der Waals surface area contributed by atoms with Crippen LogP contribution in [0.5, 0.6) is 0 Å². The lowest BCUT2D eigenvalue weighted by Crippen LogP contribution is -2.37. The molecule has 2 rings (SSSR count). The van der Waals surface area contributed by atoms with E-state index >= 15 is 0 Å². The van der Waals surface area contributed by atoms with Crippen molar-refractivity contribution in [1.29, 1.82) is 0 Å². The van der Waals surface area contributed by atoms with Gasteiger partial charge in [-0.1, -0.05) is 25.4 Å². The Balaban J connectivity index is 1.87. The summed E-state index contributed by atoms with van der Waals surface area (Å²) in [5.74, 6) is 1.61. The van der Waals surface area contributed by atoms with Crippen molar-refractivity contribution in [2.75, 3.05) is 19.6 Å². The fourth-order valence-electron chi connectivity index (χ4n) is 2.71. The summed E-state index contributed by atoms with van der Waals surface area (Å²) in [6.07, 6.45) is 7.00. The van der Waals surface area contributed by atoms with Crippen molar-refractivity contribution in [2.45, 2.75) is 65.0 Å². The lowest BCUT2D eigenvalue weighted by molar-refractivity contribution is 0.206. The lowest BCUT2D eigenvalue weighted by Gasteiger charge is -2.23. The molecular weight excluding hydrogens is 252 g/mol. The number of nitrogens with zero attached hydrogens (tertiary/aromatic N) is 3. The fourth-order valence-corrected chi connectivity index (χ4v) is 2.71. The Kier molecular flexibility index (Phi) is 6.47. The Morgan fingerprint density at radius 1 is 1.35 bits per heavy atom. The van der Waals surface area contributed by atoms with Crippen LogP contribution >= 0.6 is 0 Å². The summed E-state index contributed by atoms with van der Waals surface area (Å²) in [7, 11) is 0. The Morgan fingerprint density at radius 3 is 2.95 bits per heavy atom. The molecule has 0 radical (unpaired) electrons. The third kappa shape index (κ3) is 4.87. The zero-order valence-electron chi connectivity index (χ0n) is 12.9. The highest BCUT2D eigenvalue weighted by molar-refractivity contribution is 4.87. The summed E-state index contributed by atoms with van der Waals surface area (Å²) in [5.41, 5.74) is 0. The second-order valence-corrected chi connectivity index (χ2v) is 5.74. The number of aromatic nitrogens is 2. The number of hydrogen-bond acceptors (Lipinski definition) is 5. The Hall–Kier alpha value is -0.940. The van der Waals surface area contributed by atoms with E-state index in [1.807, 2.05) is 0 Å². The zero-order chi connectivity index (χ0) is 14.2. The molecule has 5 heteroatoms. The molecule has 0 amide bonds. The molecule has 1 aliphatic rings. The van der Waals surface area contributed by atoms with Gasteiger partial charge in [0.05, 0.1) is 6.54 Å². The first-order valence-corrected chi connectivity index (χ1v) is 8.09. The van der Waals surface area contributed by atoms with Gasteiger partial charge in [-0.3, -0.25) is 4.90 Å². The van der Waals surface area contributed by atoms with Gasteiger partial charge >= 0.3 is 0 Å². The number of unbranched alkanes of at least 4 members (excludes halogenated alkanes) is 1. The molecule has 1 aromatic rings. The molecule has 0 spiro atoms. The van der Waals surface area contributed by atoms with E-state index in [9.17, 15) is 0 Å². The molecule has 0 bridgehead atoms. The average Bonchev–Trinajstić information content (AvgIpc) is 3.09. The minimum atomic E-state index is 0.630. The van der Waals surface area contributed by atoms with Crippen LogP contribution in [0.2, 0.25) is 0 Å². The summed E-state index contributed by atoms with van der Waals surface area (Å²) < 4.78 is 5.37. The van der Waals surface area contributed by atoms with E-state index < -0.39 is 0 Å². The van der Waals surface area contributed by atoms with Crippen LogP contribution in [0.15, 0.2) is 4.52 Å². The van der Waals surface area contributed by atoms with Gasteiger partial charge in [-0.05, 0) is 38.8 Å². The minimum absolute atomic E-state index is 0.630. The Bertz CT molecular complexity index is 374. The molecule has 1 aromatic heterocycles. The van der Waals surface area contributed by atoms with Crippen molar-refractivity contribution in [1.82, 2.24) is 20.4 Å². The molecule has 114 valence electrons. The predicted molar refractivity (Wildman–Crippen MR) is 79.5 cm³/mol. The van der Waals surface area contributed by atoms with Gasteiger partial charge < -0.3 is 9.84 Å². The zero-order valence-corrected chi connectivity index (χ0v) is 12.9. The topological polar surface area (TPSA) is 54.2 Å². The van der Waals surface area contributed by atoms with Crippen molar-refractivity contribution in [3.05, 3.63) is 11.7 Å². The van der Waals surface area contributed by atoms with Crippen LogP contribution in [0.4, 0.5) is 0 Å². The van der Waals surface area contributed by atoms with Gasteiger partial charge in [0.25, 0.3) is 0 Å². The van der Waals surface area contributed by atoms with E-state index in [-0.39, 0.29) is 0 Å². The number of rotatable bonds is 9. The van der Waals surface area contributed by atoms with Gasteiger partial charge in [0.1, 0.15) is 0 Å². The molecule has 5 nitrogen and oxygen atoms in total. The smallest absolute Gasteiger partial charge is 0.240 e.